The van der Waals surface area contributed by atoms with E-state index in [0.717, 1.165) is 48.4 Å². The van der Waals surface area contributed by atoms with Crippen molar-refractivity contribution < 1.29 is 9.53 Å². The summed E-state index contributed by atoms with van der Waals surface area (Å²) in [5, 5.41) is 2.87. The van der Waals surface area contributed by atoms with Crippen molar-refractivity contribution >= 4 is 17.5 Å². The molecular weight excluding hydrogens is 316 g/mol. The molecule has 0 radical (unpaired) electrons. The fourth-order valence-corrected chi connectivity index (χ4v) is 2.94. The Morgan fingerprint density at radius 2 is 1.92 bits per heavy atom. The number of nitrogens with one attached hydrogen (secondary N) is 1. The van der Waals surface area contributed by atoms with Crippen molar-refractivity contribution in [2.24, 2.45) is 0 Å². The first-order valence-electron chi connectivity index (χ1n) is 8.62. The Kier molecular flexibility index (Phi) is 5.16. The van der Waals surface area contributed by atoms with Gasteiger partial charge in [0.25, 0.3) is 5.91 Å². The van der Waals surface area contributed by atoms with E-state index in [1.807, 2.05) is 39.0 Å². The highest BCUT2D eigenvalue weighted by molar-refractivity contribution is 5.92. The van der Waals surface area contributed by atoms with Crippen LogP contribution in [0, 0.1) is 20.8 Å². The molecule has 1 fully saturated rings. The van der Waals surface area contributed by atoms with Crippen molar-refractivity contribution in [1.29, 1.82) is 0 Å². The summed E-state index contributed by atoms with van der Waals surface area (Å²) < 4.78 is 5.59. The Morgan fingerprint density at radius 3 is 2.64 bits per heavy atom. The average molecular weight is 340 g/mol. The van der Waals surface area contributed by atoms with Crippen molar-refractivity contribution in [2.75, 3.05) is 29.9 Å². The minimum atomic E-state index is -0.203. The number of anilines is 2. The lowest BCUT2D eigenvalue weighted by molar-refractivity contribution is -0.118. The second-order valence-electron chi connectivity index (χ2n) is 6.50. The van der Waals surface area contributed by atoms with Crippen molar-refractivity contribution in [2.45, 2.75) is 33.6 Å². The molecule has 6 heteroatoms. The fraction of sp³-hybridized carbons (Fsp3) is 0.421. The molecule has 0 aliphatic carbocycles. The van der Waals surface area contributed by atoms with Crippen molar-refractivity contribution in [3.8, 4) is 5.88 Å². The molecule has 0 saturated carbocycles. The van der Waals surface area contributed by atoms with E-state index in [0.29, 0.717) is 11.8 Å². The van der Waals surface area contributed by atoms with Gasteiger partial charge in [0.2, 0.25) is 11.8 Å². The van der Waals surface area contributed by atoms with Crippen LogP contribution < -0.4 is 15.0 Å². The summed E-state index contributed by atoms with van der Waals surface area (Å²) in [6.07, 6.45) is 2.32. The molecule has 1 saturated heterocycles. The highest BCUT2D eigenvalue weighted by Crippen LogP contribution is 2.20. The van der Waals surface area contributed by atoms with E-state index in [1.54, 1.807) is 6.07 Å². The predicted octanol–water partition coefficient (Wildman–Crippen LogP) is 3.02. The molecule has 0 bridgehead atoms. The molecule has 2 aromatic rings. The molecule has 1 aliphatic rings. The van der Waals surface area contributed by atoms with Crippen LogP contribution in [0.4, 0.5) is 11.6 Å². The molecule has 1 aliphatic heterocycles. The van der Waals surface area contributed by atoms with Crippen molar-refractivity contribution in [1.82, 2.24) is 9.97 Å². The van der Waals surface area contributed by atoms with Crippen LogP contribution in [-0.2, 0) is 4.79 Å². The van der Waals surface area contributed by atoms with E-state index >= 15 is 0 Å². The van der Waals surface area contributed by atoms with E-state index in [1.165, 1.54) is 0 Å². The first-order chi connectivity index (χ1) is 12.0. The van der Waals surface area contributed by atoms with E-state index in [9.17, 15) is 4.79 Å². The van der Waals surface area contributed by atoms with Crippen LogP contribution in [0.25, 0.3) is 0 Å². The Hall–Kier alpha value is -2.63. The number of carbonyl (C=O) groups is 1. The van der Waals surface area contributed by atoms with Crippen LogP contribution in [0.2, 0.25) is 0 Å². The lowest BCUT2D eigenvalue weighted by Gasteiger charge is -2.16. The molecule has 132 valence electrons. The number of nitrogens with zero attached hydrogens (tertiary/aromatic N) is 3. The number of amides is 1. The van der Waals surface area contributed by atoms with E-state index in [-0.39, 0.29) is 12.5 Å². The van der Waals surface area contributed by atoms with Crippen LogP contribution in [0.15, 0.2) is 24.3 Å². The fourth-order valence-electron chi connectivity index (χ4n) is 2.94. The largest absolute Gasteiger partial charge is 0.467 e. The molecule has 25 heavy (non-hydrogen) atoms. The number of hydrogen-bond donors (Lipinski definition) is 1. The molecule has 0 spiro atoms. The zero-order chi connectivity index (χ0) is 17.8. The molecule has 3 rings (SSSR count). The second kappa shape index (κ2) is 7.51. The van der Waals surface area contributed by atoms with Gasteiger partial charge in [0.05, 0.1) is 0 Å². The second-order valence-corrected chi connectivity index (χ2v) is 6.50. The summed E-state index contributed by atoms with van der Waals surface area (Å²) in [6.45, 7) is 7.76. The first-order valence-corrected chi connectivity index (χ1v) is 8.62. The summed E-state index contributed by atoms with van der Waals surface area (Å²) in [5.74, 6) is 0.915. The minimum Gasteiger partial charge on any atom is -0.467 e. The van der Waals surface area contributed by atoms with Gasteiger partial charge in [-0.25, -0.2) is 4.98 Å². The van der Waals surface area contributed by atoms with Crippen LogP contribution in [0.3, 0.4) is 0 Å². The predicted molar refractivity (Wildman–Crippen MR) is 98.3 cm³/mol. The topological polar surface area (TPSA) is 67.3 Å². The summed E-state index contributed by atoms with van der Waals surface area (Å²) in [4.78, 5) is 23.2. The van der Waals surface area contributed by atoms with E-state index in [2.05, 4.69) is 20.2 Å². The maximum atomic E-state index is 12.2. The quantitative estimate of drug-likeness (QED) is 0.906. The molecule has 1 N–H and O–H groups in total. The Balaban J connectivity index is 1.61. The third kappa shape index (κ3) is 4.47. The maximum absolute atomic E-state index is 12.2. The summed E-state index contributed by atoms with van der Waals surface area (Å²) >= 11 is 0. The number of ether oxygens (including phenoxy) is 1. The van der Waals surface area contributed by atoms with Crippen LogP contribution >= 0.6 is 0 Å². The third-order valence-electron chi connectivity index (χ3n) is 4.21. The van der Waals surface area contributed by atoms with E-state index < -0.39 is 0 Å². The van der Waals surface area contributed by atoms with Crippen LogP contribution in [0.5, 0.6) is 5.88 Å². The third-order valence-corrected chi connectivity index (χ3v) is 4.21. The SMILES string of the molecule is Cc1ccc(NC(=O)COc2cc(C)nc(N3CCCC3)n2)c(C)c1. The zero-order valence-corrected chi connectivity index (χ0v) is 15.0. The molecule has 6 nitrogen and oxygen atoms in total. The van der Waals surface area contributed by atoms with Crippen LogP contribution in [0.1, 0.15) is 29.7 Å². The Morgan fingerprint density at radius 1 is 1.16 bits per heavy atom. The van der Waals surface area contributed by atoms with Gasteiger partial charge in [-0.1, -0.05) is 17.7 Å². The van der Waals surface area contributed by atoms with Gasteiger partial charge < -0.3 is 15.0 Å². The lowest BCUT2D eigenvalue weighted by atomic mass is 10.1. The number of aryl methyl sites for hydroxylation is 3. The normalized spacial score (nSPS) is 13.8. The number of carbonyl (C=O) groups excluding carboxylic acids is 1. The van der Waals surface area contributed by atoms with Gasteiger partial charge in [0.15, 0.2) is 6.61 Å². The Labute approximate surface area is 148 Å². The summed E-state index contributed by atoms with van der Waals surface area (Å²) in [7, 11) is 0. The minimum absolute atomic E-state index is 0.0801. The summed E-state index contributed by atoms with van der Waals surface area (Å²) in [6, 6.07) is 7.67. The van der Waals surface area contributed by atoms with Gasteiger partial charge >= 0.3 is 0 Å². The average Bonchev–Trinajstić information content (AvgIpc) is 3.10. The number of hydrogen-bond acceptors (Lipinski definition) is 5. The molecule has 0 atom stereocenters. The van der Waals surface area contributed by atoms with Gasteiger partial charge in [-0.05, 0) is 45.2 Å². The number of benzene rings is 1. The van der Waals surface area contributed by atoms with Gasteiger partial charge in [-0.15, -0.1) is 0 Å². The number of aromatic nitrogens is 2. The summed E-state index contributed by atoms with van der Waals surface area (Å²) in [5.41, 5.74) is 3.83. The molecule has 1 aromatic heterocycles. The molecular formula is C19H24N4O2. The van der Waals surface area contributed by atoms with Crippen molar-refractivity contribution in [3.05, 3.63) is 41.1 Å². The highest BCUT2D eigenvalue weighted by Gasteiger charge is 2.16. The molecule has 1 aromatic carbocycles. The van der Waals surface area contributed by atoms with Crippen molar-refractivity contribution in [3.63, 3.8) is 0 Å². The zero-order valence-electron chi connectivity index (χ0n) is 15.0. The first kappa shape index (κ1) is 17.2. The maximum Gasteiger partial charge on any atom is 0.262 e. The molecule has 2 heterocycles. The van der Waals surface area contributed by atoms with Crippen LogP contribution in [-0.4, -0.2) is 35.6 Å². The smallest absolute Gasteiger partial charge is 0.262 e. The van der Waals surface area contributed by atoms with Gasteiger partial charge in [0, 0.05) is 30.5 Å². The Bertz CT molecular complexity index is 770. The molecule has 1 amide bonds. The lowest BCUT2D eigenvalue weighted by Crippen LogP contribution is -2.23. The van der Waals surface area contributed by atoms with Gasteiger partial charge in [0.1, 0.15) is 0 Å². The number of rotatable bonds is 5. The van der Waals surface area contributed by atoms with E-state index in [4.69, 9.17) is 4.74 Å². The highest BCUT2D eigenvalue weighted by atomic mass is 16.5. The van der Waals surface area contributed by atoms with Gasteiger partial charge in [-0.2, -0.15) is 4.98 Å². The monoisotopic (exact) mass is 340 g/mol. The molecule has 0 unspecified atom stereocenters. The van der Waals surface area contributed by atoms with Gasteiger partial charge in [-0.3, -0.25) is 4.79 Å². The standard InChI is InChI=1S/C19H24N4O2/c1-13-6-7-16(14(2)10-13)21-17(24)12-25-18-11-15(3)20-19(22-18)23-8-4-5-9-23/h6-7,10-11H,4-5,8-9,12H2,1-3H3,(H,21,24).